The number of rotatable bonds is 6. The summed E-state index contributed by atoms with van der Waals surface area (Å²) in [5.74, 6) is 0.534. The standard InChI is InChI=1S/C27H25ClN4O2/c1-18-26-30-22-9-5-6-10-23(22)32(26)24(27(34)31(18)17-20-7-3-2-4-8-20)15-25(33)29-16-19-11-13-21(28)14-12-19/h2-14,18,24H,15-17H2,1H3,(H,29,33). The summed E-state index contributed by atoms with van der Waals surface area (Å²) in [4.78, 5) is 33.4. The van der Waals surface area contributed by atoms with E-state index in [1.165, 1.54) is 0 Å². The van der Waals surface area contributed by atoms with Crippen molar-refractivity contribution >= 4 is 34.4 Å². The van der Waals surface area contributed by atoms with Gasteiger partial charge in [0.25, 0.3) is 0 Å². The molecule has 2 amide bonds. The number of amides is 2. The quantitative estimate of drug-likeness (QED) is 0.427. The molecule has 3 aromatic carbocycles. The van der Waals surface area contributed by atoms with Crippen molar-refractivity contribution in [2.45, 2.75) is 38.5 Å². The summed E-state index contributed by atoms with van der Waals surface area (Å²) in [6.45, 7) is 2.83. The fourth-order valence-corrected chi connectivity index (χ4v) is 4.67. The molecule has 2 heterocycles. The average molecular weight is 473 g/mol. The minimum absolute atomic E-state index is 0.0395. The maximum atomic E-state index is 13.8. The van der Waals surface area contributed by atoms with Crippen LogP contribution in [-0.2, 0) is 22.7 Å². The molecular formula is C27H25ClN4O2. The number of nitrogens with one attached hydrogen (secondary N) is 1. The van der Waals surface area contributed by atoms with E-state index in [1.807, 2.05) is 83.1 Å². The Kier molecular flexibility index (Phi) is 6.07. The Labute approximate surface area is 203 Å². The van der Waals surface area contributed by atoms with Gasteiger partial charge in [-0.25, -0.2) is 4.98 Å². The van der Waals surface area contributed by atoms with E-state index in [2.05, 4.69) is 5.32 Å². The van der Waals surface area contributed by atoms with Gasteiger partial charge in [0, 0.05) is 18.1 Å². The number of aromatic nitrogens is 2. The van der Waals surface area contributed by atoms with E-state index in [4.69, 9.17) is 16.6 Å². The number of fused-ring (bicyclic) bond motifs is 3. The number of hydrogen-bond donors (Lipinski definition) is 1. The van der Waals surface area contributed by atoms with Gasteiger partial charge >= 0.3 is 0 Å². The molecule has 0 saturated carbocycles. The van der Waals surface area contributed by atoms with Crippen LogP contribution in [0.25, 0.3) is 11.0 Å². The Morgan fingerprint density at radius 2 is 1.68 bits per heavy atom. The molecule has 2 atom stereocenters. The lowest BCUT2D eigenvalue weighted by Gasteiger charge is -2.38. The fraction of sp³-hybridized carbons (Fsp3) is 0.222. The zero-order chi connectivity index (χ0) is 23.7. The summed E-state index contributed by atoms with van der Waals surface area (Å²) < 4.78 is 1.95. The molecule has 2 unspecified atom stereocenters. The molecule has 1 aromatic heterocycles. The first kappa shape index (κ1) is 22.2. The van der Waals surface area contributed by atoms with Crippen LogP contribution >= 0.6 is 11.6 Å². The lowest BCUT2D eigenvalue weighted by molar-refractivity contribution is -0.142. The fourth-order valence-electron chi connectivity index (χ4n) is 4.54. The third-order valence-electron chi connectivity index (χ3n) is 6.32. The minimum atomic E-state index is -0.660. The number of imidazole rings is 1. The van der Waals surface area contributed by atoms with Gasteiger partial charge in [0.05, 0.1) is 23.5 Å². The van der Waals surface area contributed by atoms with Gasteiger partial charge < -0.3 is 14.8 Å². The van der Waals surface area contributed by atoms with Gasteiger partial charge in [0.15, 0.2) is 0 Å². The third-order valence-corrected chi connectivity index (χ3v) is 6.57. The van der Waals surface area contributed by atoms with E-state index >= 15 is 0 Å². The summed E-state index contributed by atoms with van der Waals surface area (Å²) in [7, 11) is 0. The minimum Gasteiger partial charge on any atom is -0.352 e. The van der Waals surface area contributed by atoms with Crippen LogP contribution in [0.3, 0.4) is 0 Å². The van der Waals surface area contributed by atoms with Crippen LogP contribution in [0.15, 0.2) is 78.9 Å². The second-order valence-corrected chi connectivity index (χ2v) is 9.02. The first-order chi connectivity index (χ1) is 16.5. The average Bonchev–Trinajstić information content (AvgIpc) is 3.24. The number of nitrogens with zero attached hydrogens (tertiary/aromatic N) is 3. The zero-order valence-corrected chi connectivity index (χ0v) is 19.6. The van der Waals surface area contributed by atoms with Crippen LogP contribution in [0, 0.1) is 0 Å². The molecule has 34 heavy (non-hydrogen) atoms. The maximum absolute atomic E-state index is 13.8. The van der Waals surface area contributed by atoms with Crippen LogP contribution in [-0.4, -0.2) is 26.3 Å². The number of carbonyl (C=O) groups is 2. The van der Waals surface area contributed by atoms with Crippen molar-refractivity contribution in [3.63, 3.8) is 0 Å². The van der Waals surface area contributed by atoms with Crippen LogP contribution < -0.4 is 5.32 Å². The topological polar surface area (TPSA) is 67.2 Å². The second kappa shape index (κ2) is 9.31. The normalized spacial score (nSPS) is 17.6. The molecule has 5 rings (SSSR count). The van der Waals surface area contributed by atoms with Crippen molar-refractivity contribution in [2.75, 3.05) is 0 Å². The lowest BCUT2D eigenvalue weighted by atomic mass is 10.0. The number of carbonyl (C=O) groups excluding carboxylic acids is 2. The van der Waals surface area contributed by atoms with Crippen LogP contribution in [0.2, 0.25) is 5.02 Å². The van der Waals surface area contributed by atoms with Gasteiger partial charge in [0.2, 0.25) is 11.8 Å². The Morgan fingerprint density at radius 1 is 0.971 bits per heavy atom. The molecule has 4 aromatic rings. The molecule has 0 radical (unpaired) electrons. The molecule has 1 aliphatic heterocycles. The van der Waals surface area contributed by atoms with Gasteiger partial charge in [-0.1, -0.05) is 66.2 Å². The maximum Gasteiger partial charge on any atom is 0.247 e. The third kappa shape index (κ3) is 4.29. The van der Waals surface area contributed by atoms with E-state index in [1.54, 1.807) is 12.1 Å². The highest BCUT2D eigenvalue weighted by molar-refractivity contribution is 6.30. The van der Waals surface area contributed by atoms with Crippen molar-refractivity contribution in [3.05, 3.63) is 101 Å². The summed E-state index contributed by atoms with van der Waals surface area (Å²) in [6, 6.07) is 24.1. The molecule has 1 aliphatic rings. The number of halogens is 1. The lowest BCUT2D eigenvalue weighted by Crippen LogP contribution is -2.46. The first-order valence-corrected chi connectivity index (χ1v) is 11.7. The molecule has 0 bridgehead atoms. The second-order valence-electron chi connectivity index (χ2n) is 8.58. The molecule has 0 saturated heterocycles. The van der Waals surface area contributed by atoms with E-state index in [-0.39, 0.29) is 24.3 Å². The molecule has 0 spiro atoms. The highest BCUT2D eigenvalue weighted by atomic mass is 35.5. The van der Waals surface area contributed by atoms with E-state index in [0.29, 0.717) is 18.1 Å². The van der Waals surface area contributed by atoms with Crippen LogP contribution in [0.1, 0.15) is 42.4 Å². The molecule has 1 N–H and O–H groups in total. The van der Waals surface area contributed by atoms with Gasteiger partial charge in [-0.3, -0.25) is 9.59 Å². The van der Waals surface area contributed by atoms with Crippen LogP contribution in [0.5, 0.6) is 0 Å². The Hall–Kier alpha value is -3.64. The van der Waals surface area contributed by atoms with Gasteiger partial charge in [-0.05, 0) is 42.3 Å². The van der Waals surface area contributed by atoms with Gasteiger partial charge in [0.1, 0.15) is 11.9 Å². The molecule has 7 heteroatoms. The monoisotopic (exact) mass is 472 g/mol. The Morgan fingerprint density at radius 3 is 2.44 bits per heavy atom. The Bertz CT molecular complexity index is 1330. The molecule has 0 aliphatic carbocycles. The van der Waals surface area contributed by atoms with Gasteiger partial charge in [-0.15, -0.1) is 0 Å². The summed E-state index contributed by atoms with van der Waals surface area (Å²) in [6.07, 6.45) is 0.0395. The van der Waals surface area contributed by atoms with Crippen LogP contribution in [0.4, 0.5) is 0 Å². The van der Waals surface area contributed by atoms with Crippen molar-refractivity contribution in [2.24, 2.45) is 0 Å². The van der Waals surface area contributed by atoms with Gasteiger partial charge in [-0.2, -0.15) is 0 Å². The van der Waals surface area contributed by atoms with Crippen molar-refractivity contribution in [1.29, 1.82) is 0 Å². The largest absolute Gasteiger partial charge is 0.352 e. The van der Waals surface area contributed by atoms with E-state index < -0.39 is 6.04 Å². The van der Waals surface area contributed by atoms with Crippen molar-refractivity contribution in [3.8, 4) is 0 Å². The number of benzene rings is 3. The molecule has 6 nitrogen and oxygen atoms in total. The summed E-state index contributed by atoms with van der Waals surface area (Å²) in [5, 5.41) is 3.59. The Balaban J connectivity index is 1.44. The first-order valence-electron chi connectivity index (χ1n) is 11.3. The predicted molar refractivity (Wildman–Crippen MR) is 132 cm³/mol. The summed E-state index contributed by atoms with van der Waals surface area (Å²) >= 11 is 5.95. The molecular weight excluding hydrogens is 448 g/mol. The molecule has 0 fully saturated rings. The van der Waals surface area contributed by atoms with E-state index in [0.717, 1.165) is 28.0 Å². The SMILES string of the molecule is CC1c2nc3ccccc3n2C(CC(=O)NCc2ccc(Cl)cc2)C(=O)N1Cc1ccccc1. The number of para-hydroxylation sites is 2. The van der Waals surface area contributed by atoms with Crippen molar-refractivity contribution < 1.29 is 9.59 Å². The zero-order valence-electron chi connectivity index (χ0n) is 18.8. The predicted octanol–water partition coefficient (Wildman–Crippen LogP) is 5.04. The van der Waals surface area contributed by atoms with E-state index in [9.17, 15) is 9.59 Å². The highest BCUT2D eigenvalue weighted by Crippen LogP contribution is 2.37. The highest BCUT2D eigenvalue weighted by Gasteiger charge is 2.40. The smallest absolute Gasteiger partial charge is 0.247 e. The molecule has 172 valence electrons. The number of hydrogen-bond acceptors (Lipinski definition) is 3. The van der Waals surface area contributed by atoms with Crippen molar-refractivity contribution in [1.82, 2.24) is 19.8 Å². The summed E-state index contributed by atoms with van der Waals surface area (Å²) in [5.41, 5.74) is 3.68.